The summed E-state index contributed by atoms with van der Waals surface area (Å²) in [5, 5.41) is 13.0. The summed E-state index contributed by atoms with van der Waals surface area (Å²) in [7, 11) is 1.66. The lowest BCUT2D eigenvalue weighted by molar-refractivity contribution is 0.00338. The number of methoxy groups -OCH3 is 1. The third-order valence-corrected chi connectivity index (χ3v) is 6.75. The van der Waals surface area contributed by atoms with Crippen LogP contribution in [0.2, 0.25) is 0 Å². The largest absolute Gasteiger partial charge is 0.497 e. The van der Waals surface area contributed by atoms with Crippen molar-refractivity contribution in [3.8, 4) is 11.8 Å². The molecule has 1 aliphatic heterocycles. The molecule has 1 unspecified atom stereocenters. The van der Waals surface area contributed by atoms with E-state index in [1.54, 1.807) is 19.2 Å². The van der Waals surface area contributed by atoms with E-state index in [1.165, 1.54) is 0 Å². The summed E-state index contributed by atoms with van der Waals surface area (Å²) in [6.45, 7) is 5.77. The van der Waals surface area contributed by atoms with Crippen LogP contribution in [-0.4, -0.2) is 65.1 Å². The minimum absolute atomic E-state index is 0.00793. The molecule has 1 aromatic heterocycles. The van der Waals surface area contributed by atoms with E-state index in [4.69, 9.17) is 14.7 Å². The van der Waals surface area contributed by atoms with Crippen LogP contribution >= 0.6 is 11.5 Å². The molecule has 0 N–H and O–H groups in total. The highest BCUT2D eigenvalue weighted by Crippen LogP contribution is 2.25. The van der Waals surface area contributed by atoms with Crippen molar-refractivity contribution in [1.29, 1.82) is 5.26 Å². The Bertz CT molecular complexity index is 1150. The molecule has 1 saturated heterocycles. The van der Waals surface area contributed by atoms with Gasteiger partial charge in [-0.05, 0) is 53.8 Å². The zero-order valence-electron chi connectivity index (χ0n) is 19.3. The number of hydrogen-bond acceptors (Lipinski definition) is 8. The molecule has 2 heterocycles. The Balaban J connectivity index is 1.41. The number of benzene rings is 2. The Labute approximate surface area is 203 Å². The van der Waals surface area contributed by atoms with Crippen LogP contribution in [0.5, 0.6) is 5.75 Å². The van der Waals surface area contributed by atoms with Gasteiger partial charge in [-0.15, -0.1) is 5.10 Å². The number of carbonyl (C=O) groups is 1. The summed E-state index contributed by atoms with van der Waals surface area (Å²) in [4.78, 5) is 17.6. The summed E-state index contributed by atoms with van der Waals surface area (Å²) >= 11 is 1.15. The average molecular weight is 478 g/mol. The fraction of sp³-hybridized carbons (Fsp3) is 0.360. The van der Waals surface area contributed by atoms with E-state index in [-0.39, 0.29) is 12.0 Å². The van der Waals surface area contributed by atoms with Gasteiger partial charge in [-0.1, -0.05) is 28.8 Å². The minimum atomic E-state index is -0.166. The summed E-state index contributed by atoms with van der Waals surface area (Å²) in [5.74, 6) is 0.794. The van der Waals surface area contributed by atoms with E-state index >= 15 is 0 Å². The first-order chi connectivity index (χ1) is 16.6. The van der Waals surface area contributed by atoms with E-state index in [0.717, 1.165) is 41.5 Å². The number of nitriles is 1. The number of nitrogens with zero attached hydrogens (tertiary/aromatic N) is 5. The van der Waals surface area contributed by atoms with Crippen LogP contribution in [0, 0.1) is 18.3 Å². The number of aromatic nitrogens is 2. The molecule has 1 atom stereocenters. The van der Waals surface area contributed by atoms with Crippen LogP contribution in [-0.2, 0) is 11.3 Å². The lowest BCUT2D eigenvalue weighted by atomic mass is 10.1. The molecule has 1 amide bonds. The Hall–Kier alpha value is -3.32. The van der Waals surface area contributed by atoms with E-state index in [9.17, 15) is 4.79 Å². The maximum Gasteiger partial charge on any atom is 0.267 e. The molecular weight excluding hydrogens is 450 g/mol. The predicted octanol–water partition coefficient (Wildman–Crippen LogP) is 3.44. The average Bonchev–Trinajstić information content (AvgIpc) is 3.32. The molecule has 8 nitrogen and oxygen atoms in total. The van der Waals surface area contributed by atoms with Crippen LogP contribution in [0.25, 0.3) is 0 Å². The first-order valence-corrected chi connectivity index (χ1v) is 11.9. The van der Waals surface area contributed by atoms with Crippen LogP contribution in [0.3, 0.4) is 0 Å². The first-order valence-electron chi connectivity index (χ1n) is 11.1. The minimum Gasteiger partial charge on any atom is -0.497 e. The molecule has 9 heteroatoms. The van der Waals surface area contributed by atoms with Crippen LogP contribution in [0.1, 0.15) is 38.2 Å². The number of aryl methyl sites for hydroxylation is 1. The number of carbonyl (C=O) groups excluding carboxylic acids is 1. The van der Waals surface area contributed by atoms with Crippen molar-refractivity contribution in [2.75, 3.05) is 39.8 Å². The van der Waals surface area contributed by atoms with E-state index in [1.807, 2.05) is 48.2 Å². The lowest BCUT2D eigenvalue weighted by Crippen LogP contribution is -2.49. The molecule has 0 aliphatic carbocycles. The highest BCUT2D eigenvalue weighted by Gasteiger charge is 2.27. The number of piperazine rings is 1. The zero-order chi connectivity index (χ0) is 23.9. The second-order valence-electron chi connectivity index (χ2n) is 8.17. The Kier molecular flexibility index (Phi) is 7.85. The maximum absolute atomic E-state index is 12.8. The SMILES string of the molecule is COc1cccc(C(CN2CCN(C(=O)c3snnc3C)CC2)OCc2ccc(C#N)cc2)c1. The van der Waals surface area contributed by atoms with Crippen molar-refractivity contribution in [2.24, 2.45) is 0 Å². The number of hydrogen-bond donors (Lipinski definition) is 0. The van der Waals surface area contributed by atoms with E-state index in [2.05, 4.69) is 20.6 Å². The summed E-state index contributed by atoms with van der Waals surface area (Å²) < 4.78 is 15.7. The van der Waals surface area contributed by atoms with Gasteiger partial charge in [0.25, 0.3) is 5.91 Å². The molecule has 0 bridgehead atoms. The molecule has 3 aromatic rings. The molecule has 1 aliphatic rings. The molecule has 0 saturated carbocycles. The fourth-order valence-electron chi connectivity index (χ4n) is 3.91. The molecular formula is C25H27N5O3S. The highest BCUT2D eigenvalue weighted by atomic mass is 32.1. The van der Waals surface area contributed by atoms with Gasteiger partial charge in [0.2, 0.25) is 0 Å². The van der Waals surface area contributed by atoms with Gasteiger partial charge in [-0.2, -0.15) is 5.26 Å². The van der Waals surface area contributed by atoms with Gasteiger partial charge in [0, 0.05) is 32.7 Å². The van der Waals surface area contributed by atoms with Gasteiger partial charge in [0.15, 0.2) is 0 Å². The normalized spacial score (nSPS) is 15.0. The third-order valence-electron chi connectivity index (χ3n) is 5.93. The smallest absolute Gasteiger partial charge is 0.267 e. The van der Waals surface area contributed by atoms with Gasteiger partial charge >= 0.3 is 0 Å². The third kappa shape index (κ3) is 5.78. The van der Waals surface area contributed by atoms with Crippen molar-refractivity contribution >= 4 is 17.4 Å². The fourth-order valence-corrected chi connectivity index (χ4v) is 4.53. The van der Waals surface area contributed by atoms with Crippen molar-refractivity contribution in [2.45, 2.75) is 19.6 Å². The molecule has 176 valence electrons. The standard InChI is InChI=1S/C25H27N5O3S/c1-18-24(34-28-27-18)25(31)30-12-10-29(11-13-30)16-23(21-4-3-5-22(14-21)32-2)33-17-20-8-6-19(15-26)7-9-20/h3-9,14,23H,10-13,16-17H2,1-2H3. The monoisotopic (exact) mass is 477 g/mol. The first kappa shape index (κ1) is 23.8. The lowest BCUT2D eigenvalue weighted by Gasteiger charge is -2.36. The number of ether oxygens (including phenoxy) is 2. The molecule has 0 radical (unpaired) electrons. The van der Waals surface area contributed by atoms with Crippen molar-refractivity contribution in [3.63, 3.8) is 0 Å². The number of rotatable bonds is 8. The van der Waals surface area contributed by atoms with E-state index in [0.29, 0.717) is 42.4 Å². The zero-order valence-corrected chi connectivity index (χ0v) is 20.1. The Morgan fingerprint density at radius 2 is 1.94 bits per heavy atom. The van der Waals surface area contributed by atoms with Crippen LogP contribution < -0.4 is 4.74 Å². The van der Waals surface area contributed by atoms with Crippen LogP contribution in [0.4, 0.5) is 0 Å². The van der Waals surface area contributed by atoms with Crippen molar-refractivity contribution in [3.05, 3.63) is 75.8 Å². The molecule has 0 spiro atoms. The van der Waals surface area contributed by atoms with Crippen molar-refractivity contribution in [1.82, 2.24) is 19.4 Å². The highest BCUT2D eigenvalue weighted by molar-refractivity contribution is 7.07. The number of amides is 1. The van der Waals surface area contributed by atoms with Crippen LogP contribution in [0.15, 0.2) is 48.5 Å². The van der Waals surface area contributed by atoms with Gasteiger partial charge in [0.05, 0.1) is 37.1 Å². The molecule has 1 fully saturated rings. The van der Waals surface area contributed by atoms with Gasteiger partial charge in [-0.3, -0.25) is 9.69 Å². The van der Waals surface area contributed by atoms with E-state index < -0.39 is 0 Å². The second-order valence-corrected chi connectivity index (χ2v) is 8.92. The summed E-state index contributed by atoms with van der Waals surface area (Å²) in [6.07, 6.45) is -0.166. The Morgan fingerprint density at radius 1 is 1.18 bits per heavy atom. The van der Waals surface area contributed by atoms with Gasteiger partial charge < -0.3 is 14.4 Å². The summed E-state index contributed by atoms with van der Waals surface area (Å²) in [5.41, 5.74) is 3.37. The molecule has 34 heavy (non-hydrogen) atoms. The molecule has 2 aromatic carbocycles. The molecule has 4 rings (SSSR count). The van der Waals surface area contributed by atoms with Gasteiger partial charge in [-0.25, -0.2) is 0 Å². The second kappa shape index (κ2) is 11.2. The quantitative estimate of drug-likeness (QED) is 0.491. The topological polar surface area (TPSA) is 91.6 Å². The summed E-state index contributed by atoms with van der Waals surface area (Å²) in [6, 6.07) is 17.5. The van der Waals surface area contributed by atoms with Gasteiger partial charge in [0.1, 0.15) is 10.6 Å². The Morgan fingerprint density at radius 3 is 2.59 bits per heavy atom. The van der Waals surface area contributed by atoms with Crippen molar-refractivity contribution < 1.29 is 14.3 Å². The predicted molar refractivity (Wildman–Crippen MR) is 129 cm³/mol. The maximum atomic E-state index is 12.8.